The molecule has 1 saturated carbocycles. The molecule has 1 fully saturated rings. The van der Waals surface area contributed by atoms with Crippen molar-refractivity contribution in [2.45, 2.75) is 43.7 Å². The first-order chi connectivity index (χ1) is 13.4. The van der Waals surface area contributed by atoms with E-state index in [-0.39, 0.29) is 11.8 Å². The van der Waals surface area contributed by atoms with Gasteiger partial charge in [-0.2, -0.15) is 0 Å². The number of hydrogen-bond acceptors (Lipinski definition) is 2. The van der Waals surface area contributed by atoms with Gasteiger partial charge in [-0.3, -0.25) is 4.79 Å². The molecule has 4 rings (SSSR count). The van der Waals surface area contributed by atoms with Crippen molar-refractivity contribution in [1.82, 2.24) is 9.80 Å². The fourth-order valence-corrected chi connectivity index (χ4v) is 4.70. The van der Waals surface area contributed by atoms with Crippen LogP contribution in [-0.2, 0) is 0 Å². The van der Waals surface area contributed by atoms with Crippen LogP contribution >= 0.6 is 23.2 Å². The summed E-state index contributed by atoms with van der Waals surface area (Å²) in [6.07, 6.45) is 4.32. The Balaban J connectivity index is 1.74. The molecule has 148 valence electrons. The maximum atomic E-state index is 12.9. The van der Waals surface area contributed by atoms with Gasteiger partial charge >= 0.3 is 0 Å². The predicted octanol–water partition coefficient (Wildman–Crippen LogP) is 5.76. The number of benzene rings is 2. The molecule has 2 aliphatic carbocycles. The number of hydrogen-bond donors (Lipinski definition) is 0. The molecule has 5 heteroatoms. The molecule has 1 amide bonds. The van der Waals surface area contributed by atoms with E-state index in [0.29, 0.717) is 22.1 Å². The van der Waals surface area contributed by atoms with Gasteiger partial charge in [-0.15, -0.1) is 0 Å². The van der Waals surface area contributed by atoms with Crippen LogP contribution in [0.5, 0.6) is 0 Å². The van der Waals surface area contributed by atoms with Gasteiger partial charge in [-0.1, -0.05) is 35.3 Å². The zero-order chi connectivity index (χ0) is 20.0. The Morgan fingerprint density at radius 2 is 1.64 bits per heavy atom. The highest BCUT2D eigenvalue weighted by atomic mass is 35.5. The Hall–Kier alpha value is -1.55. The van der Waals surface area contributed by atoms with Gasteiger partial charge in [0.05, 0.1) is 10.0 Å². The minimum atomic E-state index is 0.125. The van der Waals surface area contributed by atoms with E-state index in [1.165, 1.54) is 16.7 Å². The van der Waals surface area contributed by atoms with Crippen molar-refractivity contribution in [3.05, 3.63) is 68.7 Å². The van der Waals surface area contributed by atoms with E-state index in [4.69, 9.17) is 23.2 Å². The van der Waals surface area contributed by atoms with Gasteiger partial charge in [0.25, 0.3) is 5.91 Å². The molecule has 3 nitrogen and oxygen atoms in total. The molecule has 0 heterocycles. The fourth-order valence-electron chi connectivity index (χ4n) is 4.39. The monoisotopic (exact) mass is 416 g/mol. The van der Waals surface area contributed by atoms with E-state index in [0.717, 1.165) is 31.2 Å². The van der Waals surface area contributed by atoms with Crippen molar-refractivity contribution in [3.63, 3.8) is 0 Å². The second-order valence-corrected chi connectivity index (χ2v) is 9.09. The van der Waals surface area contributed by atoms with Crippen molar-refractivity contribution in [2.75, 3.05) is 21.1 Å². The third-order valence-corrected chi connectivity index (χ3v) is 6.92. The van der Waals surface area contributed by atoms with Crippen LogP contribution in [0.15, 0.2) is 36.4 Å². The molecule has 2 atom stereocenters. The number of amides is 1. The molecular weight excluding hydrogens is 391 g/mol. The van der Waals surface area contributed by atoms with Gasteiger partial charge < -0.3 is 9.80 Å². The van der Waals surface area contributed by atoms with E-state index >= 15 is 0 Å². The van der Waals surface area contributed by atoms with E-state index in [1.54, 1.807) is 0 Å². The highest BCUT2D eigenvalue weighted by molar-refractivity contribution is 6.42. The maximum Gasteiger partial charge on any atom is 0.253 e. The Bertz CT molecular complexity index is 907. The summed E-state index contributed by atoms with van der Waals surface area (Å²) in [5.74, 6) is 0.394. The largest absolute Gasteiger partial charge is 0.339 e. The lowest BCUT2D eigenvalue weighted by molar-refractivity contribution is 0.0784. The summed E-state index contributed by atoms with van der Waals surface area (Å²) >= 11 is 12.4. The zero-order valence-corrected chi connectivity index (χ0v) is 18.1. The molecule has 2 aromatic rings. The van der Waals surface area contributed by atoms with Gasteiger partial charge in [-0.25, -0.2) is 0 Å². The highest BCUT2D eigenvalue weighted by Crippen LogP contribution is 2.44. The minimum Gasteiger partial charge on any atom is -0.339 e. The minimum absolute atomic E-state index is 0.125. The highest BCUT2D eigenvalue weighted by Gasteiger charge is 2.33. The number of rotatable bonds is 4. The predicted molar refractivity (Wildman–Crippen MR) is 116 cm³/mol. The van der Waals surface area contributed by atoms with Crippen molar-refractivity contribution in [2.24, 2.45) is 0 Å². The van der Waals surface area contributed by atoms with Crippen LogP contribution in [0.3, 0.4) is 0 Å². The van der Waals surface area contributed by atoms with E-state index in [1.807, 2.05) is 30.1 Å². The molecule has 28 heavy (non-hydrogen) atoms. The third-order valence-electron chi connectivity index (χ3n) is 6.18. The van der Waals surface area contributed by atoms with Gasteiger partial charge in [0.2, 0.25) is 0 Å². The molecule has 0 unspecified atom stereocenters. The average Bonchev–Trinajstić information content (AvgIpc) is 3.53. The molecule has 0 saturated heterocycles. The summed E-state index contributed by atoms with van der Waals surface area (Å²) in [6, 6.07) is 12.9. The molecular formula is C23H26Cl2N2O. The molecule has 0 spiro atoms. The molecule has 0 aliphatic heterocycles. The van der Waals surface area contributed by atoms with Crippen molar-refractivity contribution >= 4 is 29.1 Å². The molecule has 0 aromatic heterocycles. The number of carbonyl (C=O) groups excluding carboxylic acids is 1. The molecule has 0 radical (unpaired) electrons. The summed E-state index contributed by atoms with van der Waals surface area (Å²) in [7, 11) is 6.14. The first kappa shape index (κ1) is 19.8. The maximum absolute atomic E-state index is 12.9. The number of nitrogens with zero attached hydrogens (tertiary/aromatic N) is 2. The molecule has 0 bridgehead atoms. The fraction of sp³-hybridized carbons (Fsp3) is 0.435. The summed E-state index contributed by atoms with van der Waals surface area (Å²) in [5, 5.41) is 1.17. The number of fused-ring (bicyclic) bond motifs is 1. The van der Waals surface area contributed by atoms with Gasteiger partial charge in [0, 0.05) is 30.6 Å². The summed E-state index contributed by atoms with van der Waals surface area (Å²) in [4.78, 5) is 17.0. The van der Waals surface area contributed by atoms with Crippen LogP contribution in [0, 0.1) is 0 Å². The lowest BCUT2D eigenvalue weighted by atomic mass is 9.76. The Labute approximate surface area is 177 Å². The normalized spacial score (nSPS) is 21.5. The lowest BCUT2D eigenvalue weighted by Crippen LogP contribution is -2.30. The smallest absolute Gasteiger partial charge is 0.253 e. The Morgan fingerprint density at radius 1 is 0.893 bits per heavy atom. The van der Waals surface area contributed by atoms with Crippen LogP contribution in [0.2, 0.25) is 10.0 Å². The van der Waals surface area contributed by atoms with Crippen LogP contribution in [-0.4, -0.2) is 42.9 Å². The van der Waals surface area contributed by atoms with Crippen molar-refractivity contribution in [1.29, 1.82) is 0 Å². The zero-order valence-electron chi connectivity index (χ0n) is 16.6. The molecule has 0 N–H and O–H groups in total. The number of halogens is 2. The van der Waals surface area contributed by atoms with E-state index < -0.39 is 0 Å². The van der Waals surface area contributed by atoms with Crippen LogP contribution in [0.4, 0.5) is 0 Å². The topological polar surface area (TPSA) is 23.6 Å². The molecule has 2 aliphatic rings. The summed E-state index contributed by atoms with van der Waals surface area (Å²) < 4.78 is 0. The second-order valence-electron chi connectivity index (χ2n) is 8.27. The van der Waals surface area contributed by atoms with Gasteiger partial charge in [0.15, 0.2) is 0 Å². The van der Waals surface area contributed by atoms with Gasteiger partial charge in [-0.05, 0) is 80.7 Å². The standard InChI is InChI=1S/C23H26Cl2N2O/c1-26(2)22-11-9-17(14-5-10-20(24)21(25)13-14)18-8-4-15(12-19(18)22)23(28)27(3)16-6-7-16/h4-5,8,10,12-13,16-17,22H,6-7,9,11H2,1-3H3/t17-,22-/m0/s1. The van der Waals surface area contributed by atoms with Crippen molar-refractivity contribution < 1.29 is 4.79 Å². The van der Waals surface area contributed by atoms with Crippen LogP contribution < -0.4 is 0 Å². The van der Waals surface area contributed by atoms with Crippen molar-refractivity contribution in [3.8, 4) is 0 Å². The quantitative estimate of drug-likeness (QED) is 0.632. The van der Waals surface area contributed by atoms with Gasteiger partial charge in [0.1, 0.15) is 0 Å². The first-order valence-corrected chi connectivity index (χ1v) is 10.6. The molecule has 2 aromatic carbocycles. The second kappa shape index (κ2) is 7.70. The van der Waals surface area contributed by atoms with E-state index in [9.17, 15) is 4.79 Å². The summed E-state index contributed by atoms with van der Waals surface area (Å²) in [6.45, 7) is 0. The van der Waals surface area contributed by atoms with E-state index in [2.05, 4.69) is 37.2 Å². The average molecular weight is 417 g/mol. The van der Waals surface area contributed by atoms with Crippen LogP contribution in [0.1, 0.15) is 64.7 Å². The first-order valence-electron chi connectivity index (χ1n) is 9.89. The lowest BCUT2D eigenvalue weighted by Gasteiger charge is -2.36. The Morgan fingerprint density at radius 3 is 2.29 bits per heavy atom. The SMILES string of the molecule is CN(C(=O)c1ccc2c(c1)[C@@H](N(C)C)CC[C@H]2c1ccc(Cl)c(Cl)c1)C1CC1. The Kier molecular flexibility index (Phi) is 5.43. The third kappa shape index (κ3) is 3.68. The summed E-state index contributed by atoms with van der Waals surface area (Å²) in [5.41, 5.74) is 4.51. The number of carbonyl (C=O) groups is 1. The van der Waals surface area contributed by atoms with Crippen LogP contribution in [0.25, 0.3) is 0 Å².